The van der Waals surface area contributed by atoms with Gasteiger partial charge in [-0.2, -0.15) is 11.8 Å². The van der Waals surface area contributed by atoms with Gasteiger partial charge in [-0.25, -0.2) is 8.42 Å². The summed E-state index contributed by atoms with van der Waals surface area (Å²) in [7, 11) is -3.73. The zero-order chi connectivity index (χ0) is 20.7. The van der Waals surface area contributed by atoms with Crippen LogP contribution in [-0.2, 0) is 10.0 Å². The number of halogens is 1. The Morgan fingerprint density at radius 2 is 1.79 bits per heavy atom. The number of carbonyl (C=O) groups is 1. The van der Waals surface area contributed by atoms with Gasteiger partial charge in [0.05, 0.1) is 15.5 Å². The Labute approximate surface area is 181 Å². The molecule has 1 fully saturated rings. The molecule has 3 rings (SSSR count). The Morgan fingerprint density at radius 3 is 2.52 bits per heavy atom. The quantitative estimate of drug-likeness (QED) is 0.556. The fourth-order valence-corrected chi connectivity index (χ4v) is 5.79. The van der Waals surface area contributed by atoms with E-state index in [1.165, 1.54) is 56.4 Å². The van der Waals surface area contributed by atoms with Gasteiger partial charge in [0.25, 0.3) is 15.9 Å². The number of nitrogens with one attached hydrogen (secondary N) is 2. The van der Waals surface area contributed by atoms with E-state index in [9.17, 15) is 13.2 Å². The number of thioether (sulfide) groups is 1. The summed E-state index contributed by atoms with van der Waals surface area (Å²) in [5.41, 5.74) is 0.544. The first-order valence-electron chi connectivity index (χ1n) is 9.73. The molecule has 1 aliphatic carbocycles. The van der Waals surface area contributed by atoms with Crippen molar-refractivity contribution in [2.24, 2.45) is 0 Å². The molecule has 0 aliphatic heterocycles. The monoisotopic (exact) mass is 452 g/mol. The first-order chi connectivity index (χ1) is 14.0. The molecule has 0 heterocycles. The molecule has 0 unspecified atom stereocenters. The van der Waals surface area contributed by atoms with Crippen molar-refractivity contribution in [2.45, 2.75) is 42.2 Å². The van der Waals surface area contributed by atoms with E-state index in [1.807, 2.05) is 11.8 Å². The average Bonchev–Trinajstić information content (AvgIpc) is 2.73. The summed E-state index contributed by atoms with van der Waals surface area (Å²) in [5, 5.41) is 3.86. The number of hydrogen-bond acceptors (Lipinski definition) is 4. The van der Waals surface area contributed by atoms with Crippen molar-refractivity contribution >= 4 is 45.0 Å². The van der Waals surface area contributed by atoms with Crippen LogP contribution >= 0.6 is 23.4 Å². The largest absolute Gasteiger partial charge is 0.351 e. The molecule has 0 radical (unpaired) electrons. The maximum Gasteiger partial charge on any atom is 0.261 e. The smallest absolute Gasteiger partial charge is 0.261 e. The molecule has 0 atom stereocenters. The SMILES string of the molecule is O=C(NCCSC1CCCCC1)c1cc(NS(=O)(=O)c2ccccc2)ccc1Cl. The summed E-state index contributed by atoms with van der Waals surface area (Å²) >= 11 is 8.08. The maximum atomic E-state index is 12.5. The Morgan fingerprint density at radius 1 is 1.07 bits per heavy atom. The lowest BCUT2D eigenvalue weighted by Gasteiger charge is -2.20. The molecule has 156 valence electrons. The summed E-state index contributed by atoms with van der Waals surface area (Å²) < 4.78 is 27.5. The van der Waals surface area contributed by atoms with E-state index >= 15 is 0 Å². The fourth-order valence-electron chi connectivity index (χ4n) is 3.29. The van der Waals surface area contributed by atoms with E-state index in [1.54, 1.807) is 24.3 Å². The lowest BCUT2D eigenvalue weighted by Crippen LogP contribution is -2.27. The Kier molecular flexibility index (Phi) is 7.86. The van der Waals surface area contributed by atoms with Crippen molar-refractivity contribution < 1.29 is 13.2 Å². The summed E-state index contributed by atoms with van der Waals surface area (Å²) in [6.07, 6.45) is 6.44. The molecule has 1 saturated carbocycles. The highest BCUT2D eigenvalue weighted by atomic mass is 35.5. The summed E-state index contributed by atoms with van der Waals surface area (Å²) in [4.78, 5) is 12.7. The van der Waals surface area contributed by atoms with E-state index in [-0.39, 0.29) is 21.4 Å². The van der Waals surface area contributed by atoms with Gasteiger partial charge in [-0.3, -0.25) is 9.52 Å². The zero-order valence-corrected chi connectivity index (χ0v) is 18.5. The lowest BCUT2D eigenvalue weighted by atomic mass is 10.0. The molecular weight excluding hydrogens is 428 g/mol. The molecule has 0 aromatic heterocycles. The van der Waals surface area contributed by atoms with Crippen LogP contribution in [0.15, 0.2) is 53.4 Å². The highest BCUT2D eigenvalue weighted by Gasteiger charge is 2.17. The fraction of sp³-hybridized carbons (Fsp3) is 0.381. The number of carbonyl (C=O) groups excluding carboxylic acids is 1. The maximum absolute atomic E-state index is 12.5. The number of amides is 1. The molecule has 0 spiro atoms. The van der Waals surface area contributed by atoms with Crippen LogP contribution in [0.4, 0.5) is 5.69 Å². The van der Waals surface area contributed by atoms with E-state index in [4.69, 9.17) is 11.6 Å². The van der Waals surface area contributed by atoms with Crippen LogP contribution in [0.25, 0.3) is 0 Å². The summed E-state index contributed by atoms with van der Waals surface area (Å²) in [6.45, 7) is 0.552. The van der Waals surface area contributed by atoms with Crippen molar-refractivity contribution in [2.75, 3.05) is 17.0 Å². The molecule has 8 heteroatoms. The van der Waals surface area contributed by atoms with Crippen molar-refractivity contribution in [1.29, 1.82) is 0 Å². The van der Waals surface area contributed by atoms with Crippen molar-refractivity contribution in [3.8, 4) is 0 Å². The minimum Gasteiger partial charge on any atom is -0.351 e. The number of sulfonamides is 1. The molecule has 0 saturated heterocycles. The zero-order valence-electron chi connectivity index (χ0n) is 16.1. The van der Waals surface area contributed by atoms with Crippen molar-refractivity contribution in [3.63, 3.8) is 0 Å². The normalized spacial score (nSPS) is 15.1. The van der Waals surface area contributed by atoms with Gasteiger partial charge in [0, 0.05) is 23.2 Å². The minimum atomic E-state index is -3.73. The van der Waals surface area contributed by atoms with Gasteiger partial charge in [-0.1, -0.05) is 49.1 Å². The molecule has 2 aromatic rings. The number of benzene rings is 2. The molecule has 29 heavy (non-hydrogen) atoms. The van der Waals surface area contributed by atoms with E-state index in [2.05, 4.69) is 10.0 Å². The minimum absolute atomic E-state index is 0.153. The predicted octanol–water partition coefficient (Wildman–Crippen LogP) is 4.94. The Balaban J connectivity index is 1.58. The number of hydrogen-bond donors (Lipinski definition) is 2. The van der Waals surface area contributed by atoms with Crippen LogP contribution in [0.5, 0.6) is 0 Å². The van der Waals surface area contributed by atoms with Gasteiger partial charge in [0.15, 0.2) is 0 Å². The van der Waals surface area contributed by atoms with Gasteiger partial charge in [0.1, 0.15) is 0 Å². The van der Waals surface area contributed by atoms with Gasteiger partial charge >= 0.3 is 0 Å². The van der Waals surface area contributed by atoms with Crippen molar-refractivity contribution in [1.82, 2.24) is 5.32 Å². The molecule has 0 bridgehead atoms. The first kappa shape index (κ1) is 22.0. The van der Waals surface area contributed by atoms with E-state index in [0.717, 1.165) is 5.75 Å². The third kappa shape index (κ3) is 6.39. The third-order valence-electron chi connectivity index (χ3n) is 4.81. The highest BCUT2D eigenvalue weighted by molar-refractivity contribution is 7.99. The third-order valence-corrected chi connectivity index (χ3v) is 7.92. The van der Waals surface area contributed by atoms with E-state index < -0.39 is 10.0 Å². The second-order valence-corrected chi connectivity index (χ2v) is 10.5. The summed E-state index contributed by atoms with van der Waals surface area (Å²) in [6, 6.07) is 12.6. The second-order valence-electron chi connectivity index (χ2n) is 7.00. The van der Waals surface area contributed by atoms with Crippen LogP contribution in [-0.4, -0.2) is 31.9 Å². The van der Waals surface area contributed by atoms with Gasteiger partial charge in [-0.05, 0) is 43.2 Å². The van der Waals surface area contributed by atoms with Crippen LogP contribution < -0.4 is 10.0 Å². The molecular formula is C21H25ClN2O3S2. The van der Waals surface area contributed by atoms with Gasteiger partial charge < -0.3 is 5.32 Å². The molecule has 1 amide bonds. The topological polar surface area (TPSA) is 75.3 Å². The summed E-state index contributed by atoms with van der Waals surface area (Å²) in [5.74, 6) is 0.550. The number of anilines is 1. The van der Waals surface area contributed by atoms with Crippen LogP contribution in [0.3, 0.4) is 0 Å². The standard InChI is InChI=1S/C21H25ClN2O3S2/c22-20-12-11-16(24-29(26,27)18-9-5-2-6-10-18)15-19(20)21(25)23-13-14-28-17-7-3-1-4-8-17/h2,5-6,9-12,15,17,24H,1,3-4,7-8,13-14H2,(H,23,25). The second kappa shape index (κ2) is 10.4. The van der Waals surface area contributed by atoms with Gasteiger partial charge in [-0.15, -0.1) is 0 Å². The molecule has 5 nitrogen and oxygen atoms in total. The number of rotatable bonds is 8. The lowest BCUT2D eigenvalue weighted by molar-refractivity contribution is 0.0956. The van der Waals surface area contributed by atoms with Gasteiger partial charge in [0.2, 0.25) is 0 Å². The van der Waals surface area contributed by atoms with E-state index in [0.29, 0.717) is 17.5 Å². The average molecular weight is 453 g/mol. The first-order valence-corrected chi connectivity index (χ1v) is 12.6. The Hall–Kier alpha value is -1.70. The molecule has 2 aromatic carbocycles. The molecule has 2 N–H and O–H groups in total. The van der Waals surface area contributed by atoms with Crippen LogP contribution in [0, 0.1) is 0 Å². The van der Waals surface area contributed by atoms with Crippen molar-refractivity contribution in [3.05, 3.63) is 59.1 Å². The molecule has 1 aliphatic rings. The predicted molar refractivity (Wildman–Crippen MR) is 120 cm³/mol. The van der Waals surface area contributed by atoms with Crippen LogP contribution in [0.1, 0.15) is 42.5 Å². The highest BCUT2D eigenvalue weighted by Crippen LogP contribution is 2.28. The van der Waals surface area contributed by atoms with Crippen LogP contribution in [0.2, 0.25) is 5.02 Å². The Bertz CT molecular complexity index is 930.